The summed E-state index contributed by atoms with van der Waals surface area (Å²) in [6.07, 6.45) is 4.72. The lowest BCUT2D eigenvalue weighted by Gasteiger charge is -2.26. The average Bonchev–Trinajstić information content (AvgIpc) is 2.67. The number of likely N-dealkylation sites (tertiary alicyclic amines) is 1. The Kier molecular flexibility index (Phi) is 4.69. The van der Waals surface area contributed by atoms with E-state index in [2.05, 4.69) is 32.2 Å². The van der Waals surface area contributed by atoms with E-state index in [4.69, 9.17) is 0 Å². The van der Waals surface area contributed by atoms with Crippen molar-refractivity contribution in [3.63, 3.8) is 0 Å². The number of urea groups is 1. The fourth-order valence-corrected chi connectivity index (χ4v) is 2.71. The van der Waals surface area contributed by atoms with Crippen LogP contribution in [-0.2, 0) is 5.41 Å². The van der Waals surface area contributed by atoms with Crippen LogP contribution in [0.5, 0.6) is 0 Å². The second kappa shape index (κ2) is 6.29. The SMILES string of the molecule is CC(C)(C)c1ccccc1NC(=O)N1CCCCCC1. The molecule has 1 aromatic rings. The van der Waals surface area contributed by atoms with Gasteiger partial charge >= 0.3 is 6.03 Å². The number of amides is 2. The molecule has 0 spiro atoms. The highest BCUT2D eigenvalue weighted by molar-refractivity contribution is 5.90. The lowest BCUT2D eigenvalue weighted by Crippen LogP contribution is -2.36. The van der Waals surface area contributed by atoms with Crippen LogP contribution in [0.3, 0.4) is 0 Å². The molecule has 1 aliphatic heterocycles. The molecule has 110 valence electrons. The summed E-state index contributed by atoms with van der Waals surface area (Å²) in [5, 5.41) is 3.10. The number of hydrogen-bond acceptors (Lipinski definition) is 1. The minimum Gasteiger partial charge on any atom is -0.325 e. The number of anilines is 1. The van der Waals surface area contributed by atoms with Gasteiger partial charge in [0.2, 0.25) is 0 Å². The van der Waals surface area contributed by atoms with Crippen LogP contribution in [0.4, 0.5) is 10.5 Å². The van der Waals surface area contributed by atoms with E-state index in [1.165, 1.54) is 18.4 Å². The van der Waals surface area contributed by atoms with Crippen molar-refractivity contribution in [3.05, 3.63) is 29.8 Å². The first kappa shape index (κ1) is 14.9. The molecule has 0 bridgehead atoms. The van der Waals surface area contributed by atoms with E-state index in [0.717, 1.165) is 31.6 Å². The number of hydrogen-bond donors (Lipinski definition) is 1. The number of nitrogens with one attached hydrogen (secondary N) is 1. The molecule has 3 nitrogen and oxygen atoms in total. The topological polar surface area (TPSA) is 32.3 Å². The third kappa shape index (κ3) is 3.75. The van der Waals surface area contributed by atoms with E-state index in [0.29, 0.717) is 0 Å². The minimum atomic E-state index is 0.0304. The first-order valence-corrected chi connectivity index (χ1v) is 7.64. The third-order valence-corrected chi connectivity index (χ3v) is 3.87. The van der Waals surface area contributed by atoms with Crippen LogP contribution in [0.2, 0.25) is 0 Å². The molecule has 1 saturated heterocycles. The fraction of sp³-hybridized carbons (Fsp3) is 0.588. The van der Waals surface area contributed by atoms with Gasteiger partial charge in [0, 0.05) is 18.8 Å². The summed E-state index contributed by atoms with van der Waals surface area (Å²) in [4.78, 5) is 14.4. The average molecular weight is 274 g/mol. The highest BCUT2D eigenvalue weighted by atomic mass is 16.2. The van der Waals surface area contributed by atoms with Crippen LogP contribution in [0, 0.1) is 0 Å². The lowest BCUT2D eigenvalue weighted by atomic mass is 9.86. The van der Waals surface area contributed by atoms with Crippen molar-refractivity contribution in [3.8, 4) is 0 Å². The molecule has 0 saturated carbocycles. The van der Waals surface area contributed by atoms with Gasteiger partial charge in [-0.3, -0.25) is 0 Å². The summed E-state index contributed by atoms with van der Waals surface area (Å²) in [6.45, 7) is 8.27. The summed E-state index contributed by atoms with van der Waals surface area (Å²) in [6, 6.07) is 8.15. The van der Waals surface area contributed by atoms with Crippen LogP contribution in [0.1, 0.15) is 52.0 Å². The predicted octanol–water partition coefficient (Wildman–Crippen LogP) is 4.39. The minimum absolute atomic E-state index is 0.0304. The van der Waals surface area contributed by atoms with Gasteiger partial charge in [0.1, 0.15) is 0 Å². The molecule has 0 aliphatic carbocycles. The monoisotopic (exact) mass is 274 g/mol. The van der Waals surface area contributed by atoms with E-state index in [1.807, 2.05) is 23.1 Å². The number of benzene rings is 1. The molecule has 1 heterocycles. The van der Waals surface area contributed by atoms with Gasteiger partial charge in [0.25, 0.3) is 0 Å². The highest BCUT2D eigenvalue weighted by Gasteiger charge is 2.21. The summed E-state index contributed by atoms with van der Waals surface area (Å²) in [5.41, 5.74) is 2.15. The van der Waals surface area contributed by atoms with Gasteiger partial charge in [-0.25, -0.2) is 4.79 Å². The van der Waals surface area contributed by atoms with Crippen LogP contribution < -0.4 is 5.32 Å². The van der Waals surface area contributed by atoms with Gasteiger partial charge in [-0.05, 0) is 29.9 Å². The molecule has 1 aromatic carbocycles. The number of nitrogens with zero attached hydrogens (tertiary/aromatic N) is 1. The Morgan fingerprint density at radius 1 is 1.05 bits per heavy atom. The zero-order valence-corrected chi connectivity index (χ0v) is 12.9. The summed E-state index contributed by atoms with van der Waals surface area (Å²) in [5.74, 6) is 0. The number of carbonyl (C=O) groups is 1. The van der Waals surface area contributed by atoms with Crippen LogP contribution >= 0.6 is 0 Å². The zero-order chi connectivity index (χ0) is 14.6. The van der Waals surface area contributed by atoms with Crippen molar-refractivity contribution < 1.29 is 4.79 Å². The molecule has 1 fully saturated rings. The van der Waals surface area contributed by atoms with Gasteiger partial charge in [0.15, 0.2) is 0 Å². The maximum absolute atomic E-state index is 12.4. The smallest absolute Gasteiger partial charge is 0.321 e. The molecule has 20 heavy (non-hydrogen) atoms. The van der Waals surface area contributed by atoms with E-state index in [9.17, 15) is 4.79 Å². The fourth-order valence-electron chi connectivity index (χ4n) is 2.71. The van der Waals surface area contributed by atoms with E-state index < -0.39 is 0 Å². The first-order valence-electron chi connectivity index (χ1n) is 7.64. The number of para-hydroxylation sites is 1. The quantitative estimate of drug-likeness (QED) is 0.809. The molecule has 1 N–H and O–H groups in total. The number of rotatable bonds is 1. The molecular weight excluding hydrogens is 248 g/mol. The first-order chi connectivity index (χ1) is 9.48. The Labute approximate surface area is 122 Å². The zero-order valence-electron chi connectivity index (χ0n) is 12.9. The van der Waals surface area contributed by atoms with Crippen molar-refractivity contribution in [2.24, 2.45) is 0 Å². The highest BCUT2D eigenvalue weighted by Crippen LogP contribution is 2.29. The second-order valence-corrected chi connectivity index (χ2v) is 6.63. The lowest BCUT2D eigenvalue weighted by molar-refractivity contribution is 0.213. The molecule has 0 unspecified atom stereocenters. The molecule has 2 rings (SSSR count). The third-order valence-electron chi connectivity index (χ3n) is 3.87. The Bertz CT molecular complexity index is 454. The molecule has 3 heteroatoms. The molecule has 0 radical (unpaired) electrons. The van der Waals surface area contributed by atoms with Crippen molar-refractivity contribution in [2.45, 2.75) is 51.9 Å². The molecule has 0 atom stereocenters. The summed E-state index contributed by atoms with van der Waals surface area (Å²) >= 11 is 0. The van der Waals surface area contributed by atoms with Crippen LogP contribution in [-0.4, -0.2) is 24.0 Å². The standard InChI is InChI=1S/C17H26N2O/c1-17(2,3)14-10-6-7-11-15(14)18-16(20)19-12-8-4-5-9-13-19/h6-7,10-11H,4-5,8-9,12-13H2,1-3H3,(H,18,20). The van der Waals surface area contributed by atoms with Gasteiger partial charge in [-0.1, -0.05) is 51.8 Å². The largest absolute Gasteiger partial charge is 0.325 e. The predicted molar refractivity (Wildman–Crippen MR) is 84.2 cm³/mol. The molecule has 2 amide bonds. The maximum Gasteiger partial charge on any atom is 0.321 e. The Hall–Kier alpha value is -1.51. The van der Waals surface area contributed by atoms with Crippen molar-refractivity contribution in [1.82, 2.24) is 4.90 Å². The normalized spacial score (nSPS) is 16.6. The Balaban J connectivity index is 2.11. The Morgan fingerprint density at radius 3 is 2.25 bits per heavy atom. The van der Waals surface area contributed by atoms with Gasteiger partial charge < -0.3 is 10.2 Å². The van der Waals surface area contributed by atoms with Crippen LogP contribution in [0.15, 0.2) is 24.3 Å². The van der Waals surface area contributed by atoms with Crippen molar-refractivity contribution >= 4 is 11.7 Å². The number of carbonyl (C=O) groups excluding carboxylic acids is 1. The second-order valence-electron chi connectivity index (χ2n) is 6.63. The van der Waals surface area contributed by atoms with E-state index in [1.54, 1.807) is 0 Å². The molecule has 1 aliphatic rings. The molecular formula is C17H26N2O. The maximum atomic E-state index is 12.4. The summed E-state index contributed by atoms with van der Waals surface area (Å²) in [7, 11) is 0. The molecule has 0 aromatic heterocycles. The van der Waals surface area contributed by atoms with E-state index in [-0.39, 0.29) is 11.4 Å². The summed E-state index contributed by atoms with van der Waals surface area (Å²) < 4.78 is 0. The van der Waals surface area contributed by atoms with Gasteiger partial charge in [0.05, 0.1) is 0 Å². The van der Waals surface area contributed by atoms with E-state index >= 15 is 0 Å². The Morgan fingerprint density at radius 2 is 1.65 bits per heavy atom. The van der Waals surface area contributed by atoms with Crippen molar-refractivity contribution in [1.29, 1.82) is 0 Å². The van der Waals surface area contributed by atoms with Crippen molar-refractivity contribution in [2.75, 3.05) is 18.4 Å². The van der Waals surface area contributed by atoms with Crippen LogP contribution in [0.25, 0.3) is 0 Å². The van der Waals surface area contributed by atoms with Gasteiger partial charge in [-0.2, -0.15) is 0 Å². The van der Waals surface area contributed by atoms with Gasteiger partial charge in [-0.15, -0.1) is 0 Å².